The Kier molecular flexibility index (Phi) is 7.67. The lowest BCUT2D eigenvalue weighted by atomic mass is 10.2. The van der Waals surface area contributed by atoms with Crippen LogP contribution in [0.1, 0.15) is 25.6 Å². The highest BCUT2D eigenvalue weighted by Crippen LogP contribution is 2.19. The fourth-order valence-corrected chi connectivity index (χ4v) is 2.43. The van der Waals surface area contributed by atoms with E-state index in [-0.39, 0.29) is 0 Å². The van der Waals surface area contributed by atoms with Gasteiger partial charge in [-0.2, -0.15) is 5.10 Å². The molecule has 0 amide bonds. The van der Waals surface area contributed by atoms with Crippen LogP contribution in [0.5, 0.6) is 5.75 Å². The second-order valence-electron chi connectivity index (χ2n) is 5.86. The van der Waals surface area contributed by atoms with Crippen molar-refractivity contribution in [3.63, 3.8) is 0 Å². The van der Waals surface area contributed by atoms with Crippen molar-refractivity contribution in [2.24, 2.45) is 4.99 Å². The fourth-order valence-electron chi connectivity index (χ4n) is 2.43. The normalized spacial score (nSPS) is 11.3. The van der Waals surface area contributed by atoms with Gasteiger partial charge in [0.25, 0.3) is 0 Å². The van der Waals surface area contributed by atoms with Crippen LogP contribution in [-0.4, -0.2) is 53.3 Å². The van der Waals surface area contributed by atoms with Crippen LogP contribution in [0.15, 0.2) is 41.9 Å². The molecule has 0 unspecified atom stereocenters. The van der Waals surface area contributed by atoms with Gasteiger partial charge in [-0.05, 0) is 44.0 Å². The summed E-state index contributed by atoms with van der Waals surface area (Å²) in [5.74, 6) is 3.05. The molecule has 1 aromatic heterocycles. The number of hydrogen-bond acceptors (Lipinski definition) is 4. The highest BCUT2D eigenvalue weighted by Gasteiger charge is 2.08. The Labute approximate surface area is 155 Å². The SMILES string of the molecule is C=CCCCN(C)C(=NCc1nc(-c2ccc(OC)cc2)n[nH]1)NCC. The van der Waals surface area contributed by atoms with Gasteiger partial charge < -0.3 is 15.0 Å². The first kappa shape index (κ1) is 19.5. The Morgan fingerprint density at radius 3 is 2.81 bits per heavy atom. The Hall–Kier alpha value is -2.83. The van der Waals surface area contributed by atoms with E-state index in [1.165, 1.54) is 0 Å². The number of unbranched alkanes of at least 4 members (excludes halogenated alkanes) is 1. The molecule has 0 atom stereocenters. The monoisotopic (exact) mass is 356 g/mol. The van der Waals surface area contributed by atoms with Crippen LogP contribution in [0.4, 0.5) is 0 Å². The van der Waals surface area contributed by atoms with Gasteiger partial charge in [-0.15, -0.1) is 6.58 Å². The van der Waals surface area contributed by atoms with Crippen LogP contribution in [0.25, 0.3) is 11.4 Å². The van der Waals surface area contributed by atoms with Crippen molar-refractivity contribution in [3.05, 3.63) is 42.7 Å². The molecule has 1 heterocycles. The van der Waals surface area contributed by atoms with Gasteiger partial charge in [-0.3, -0.25) is 5.10 Å². The minimum atomic E-state index is 0.442. The molecule has 26 heavy (non-hydrogen) atoms. The largest absolute Gasteiger partial charge is 0.497 e. The Morgan fingerprint density at radius 2 is 2.15 bits per heavy atom. The van der Waals surface area contributed by atoms with Crippen LogP contribution < -0.4 is 10.1 Å². The van der Waals surface area contributed by atoms with E-state index in [2.05, 4.69) is 43.9 Å². The van der Waals surface area contributed by atoms with E-state index < -0.39 is 0 Å². The van der Waals surface area contributed by atoms with Crippen LogP contribution >= 0.6 is 0 Å². The van der Waals surface area contributed by atoms with E-state index in [1.54, 1.807) is 7.11 Å². The number of aromatic nitrogens is 3. The van der Waals surface area contributed by atoms with Crippen LogP contribution in [0.2, 0.25) is 0 Å². The quantitative estimate of drug-likeness (QED) is 0.313. The van der Waals surface area contributed by atoms with Crippen molar-refractivity contribution in [1.82, 2.24) is 25.4 Å². The maximum atomic E-state index is 5.17. The van der Waals surface area contributed by atoms with Gasteiger partial charge in [-0.1, -0.05) is 6.08 Å². The van der Waals surface area contributed by atoms with Crippen molar-refractivity contribution >= 4 is 5.96 Å². The second-order valence-corrected chi connectivity index (χ2v) is 5.86. The average molecular weight is 356 g/mol. The number of nitrogens with zero attached hydrogens (tertiary/aromatic N) is 4. The topological polar surface area (TPSA) is 78.4 Å². The number of rotatable bonds is 9. The Bertz CT molecular complexity index is 707. The lowest BCUT2D eigenvalue weighted by molar-refractivity contribution is 0.415. The van der Waals surface area contributed by atoms with E-state index in [4.69, 9.17) is 4.74 Å². The molecule has 7 heteroatoms. The van der Waals surface area contributed by atoms with Crippen molar-refractivity contribution in [1.29, 1.82) is 0 Å². The van der Waals surface area contributed by atoms with E-state index in [1.807, 2.05) is 37.4 Å². The molecular weight excluding hydrogens is 328 g/mol. The number of guanidine groups is 1. The number of benzene rings is 1. The number of ether oxygens (including phenoxy) is 1. The second kappa shape index (κ2) is 10.2. The van der Waals surface area contributed by atoms with Crippen molar-refractivity contribution in [2.75, 3.05) is 27.2 Å². The summed E-state index contributed by atoms with van der Waals surface area (Å²) in [6.45, 7) is 8.00. The lowest BCUT2D eigenvalue weighted by Crippen LogP contribution is -2.39. The van der Waals surface area contributed by atoms with Crippen molar-refractivity contribution in [2.45, 2.75) is 26.3 Å². The van der Waals surface area contributed by atoms with Crippen LogP contribution in [0.3, 0.4) is 0 Å². The average Bonchev–Trinajstić information content (AvgIpc) is 3.14. The number of allylic oxidation sites excluding steroid dienone is 1. The number of H-pyrrole nitrogens is 1. The van der Waals surface area contributed by atoms with E-state index in [0.29, 0.717) is 12.4 Å². The summed E-state index contributed by atoms with van der Waals surface area (Å²) in [7, 11) is 3.68. The Balaban J connectivity index is 2.02. The number of nitrogens with one attached hydrogen (secondary N) is 2. The summed E-state index contributed by atoms with van der Waals surface area (Å²) in [5, 5.41) is 10.5. The predicted molar refractivity (Wildman–Crippen MR) is 105 cm³/mol. The minimum absolute atomic E-state index is 0.442. The third-order valence-electron chi connectivity index (χ3n) is 3.86. The fraction of sp³-hybridized carbons (Fsp3) is 0.421. The molecule has 0 aliphatic heterocycles. The summed E-state index contributed by atoms with van der Waals surface area (Å²) in [6.07, 6.45) is 3.98. The first-order valence-corrected chi connectivity index (χ1v) is 8.84. The molecule has 1 aromatic carbocycles. The molecule has 0 fully saturated rings. The number of methoxy groups -OCH3 is 1. The smallest absolute Gasteiger partial charge is 0.194 e. The molecule has 2 rings (SSSR count). The summed E-state index contributed by atoms with van der Waals surface area (Å²) in [5.41, 5.74) is 0.936. The molecule has 0 saturated heterocycles. The van der Waals surface area contributed by atoms with E-state index in [9.17, 15) is 0 Å². The van der Waals surface area contributed by atoms with Gasteiger partial charge in [0.15, 0.2) is 11.8 Å². The van der Waals surface area contributed by atoms with Crippen LogP contribution in [0, 0.1) is 0 Å². The Morgan fingerprint density at radius 1 is 1.38 bits per heavy atom. The van der Waals surface area contributed by atoms with Crippen LogP contribution in [-0.2, 0) is 6.54 Å². The molecule has 0 bridgehead atoms. The summed E-state index contributed by atoms with van der Waals surface area (Å²) < 4.78 is 5.17. The number of aromatic amines is 1. The van der Waals surface area contributed by atoms with Gasteiger partial charge in [0.2, 0.25) is 0 Å². The van der Waals surface area contributed by atoms with Crippen molar-refractivity contribution in [3.8, 4) is 17.1 Å². The van der Waals surface area contributed by atoms with E-state index >= 15 is 0 Å². The zero-order valence-electron chi connectivity index (χ0n) is 15.8. The molecule has 0 aliphatic carbocycles. The molecule has 7 nitrogen and oxygen atoms in total. The predicted octanol–water partition coefficient (Wildman–Crippen LogP) is 2.84. The third-order valence-corrected chi connectivity index (χ3v) is 3.86. The molecule has 140 valence electrons. The standard InChI is InChI=1S/C19H28N6O/c1-5-7-8-13-25(3)19(20-6-2)21-14-17-22-18(24-23-17)15-9-11-16(26-4)12-10-15/h5,9-12H,1,6-8,13-14H2,2-4H3,(H,20,21)(H,22,23,24). The first-order valence-electron chi connectivity index (χ1n) is 8.84. The van der Waals surface area contributed by atoms with Gasteiger partial charge in [0.05, 0.1) is 7.11 Å². The molecule has 0 radical (unpaired) electrons. The van der Waals surface area contributed by atoms with E-state index in [0.717, 1.165) is 49.0 Å². The number of hydrogen-bond donors (Lipinski definition) is 2. The van der Waals surface area contributed by atoms with Gasteiger partial charge in [0, 0.05) is 25.7 Å². The molecular formula is C19H28N6O. The maximum Gasteiger partial charge on any atom is 0.194 e. The van der Waals surface area contributed by atoms with Gasteiger partial charge in [0.1, 0.15) is 18.1 Å². The molecule has 2 aromatic rings. The molecule has 0 saturated carbocycles. The molecule has 0 aliphatic rings. The minimum Gasteiger partial charge on any atom is -0.497 e. The molecule has 0 spiro atoms. The lowest BCUT2D eigenvalue weighted by Gasteiger charge is -2.21. The van der Waals surface area contributed by atoms with Crippen molar-refractivity contribution < 1.29 is 4.74 Å². The zero-order chi connectivity index (χ0) is 18.8. The first-order chi connectivity index (χ1) is 12.7. The molecule has 2 N–H and O–H groups in total. The van der Waals surface area contributed by atoms with Gasteiger partial charge >= 0.3 is 0 Å². The summed E-state index contributed by atoms with van der Waals surface area (Å²) >= 11 is 0. The van der Waals surface area contributed by atoms with Gasteiger partial charge in [-0.25, -0.2) is 9.98 Å². The highest BCUT2D eigenvalue weighted by atomic mass is 16.5. The maximum absolute atomic E-state index is 5.17. The zero-order valence-corrected chi connectivity index (χ0v) is 15.8. The highest BCUT2D eigenvalue weighted by molar-refractivity contribution is 5.79. The number of aliphatic imine (C=N–C) groups is 1. The summed E-state index contributed by atoms with van der Waals surface area (Å²) in [6, 6.07) is 7.66. The third kappa shape index (κ3) is 5.61. The summed E-state index contributed by atoms with van der Waals surface area (Å²) in [4.78, 5) is 11.3.